The molecule has 0 bridgehead atoms. The van der Waals surface area contributed by atoms with Crippen molar-refractivity contribution in [2.24, 2.45) is 5.92 Å². The molecule has 0 saturated heterocycles. The highest BCUT2D eigenvalue weighted by Gasteiger charge is 2.36. The molecule has 4 heteroatoms. The van der Waals surface area contributed by atoms with Gasteiger partial charge in [0, 0.05) is 6.42 Å². The maximum atomic E-state index is 11.3. The summed E-state index contributed by atoms with van der Waals surface area (Å²) in [5.74, 6) is -0.0324. The fourth-order valence-corrected chi connectivity index (χ4v) is 0.649. The van der Waals surface area contributed by atoms with Gasteiger partial charge in [-0.05, 0) is 18.8 Å². The monoisotopic (exact) mass is 160 g/mol. The Kier molecular flexibility index (Phi) is 2.80. The van der Waals surface area contributed by atoms with E-state index in [1.54, 1.807) is 0 Å². The Bertz CT molecular complexity index is 84.7. The third kappa shape index (κ3) is 4.58. The van der Waals surface area contributed by atoms with Gasteiger partial charge in [0.1, 0.15) is 0 Å². The van der Waals surface area contributed by atoms with Gasteiger partial charge in [-0.1, -0.05) is 0 Å². The van der Waals surface area contributed by atoms with Crippen molar-refractivity contribution in [3.63, 3.8) is 0 Å². The molecule has 0 spiro atoms. The lowest BCUT2D eigenvalue weighted by molar-refractivity contribution is -0.138. The quantitative estimate of drug-likeness (QED) is 0.553. The maximum absolute atomic E-state index is 11.3. The summed E-state index contributed by atoms with van der Waals surface area (Å²) in [6.07, 6.45) is -2.92. The minimum Gasteiger partial charge on any atom is -0.171 e. The number of hydrogen-bond acceptors (Lipinski definition) is 0. The topological polar surface area (TPSA) is 0 Å². The van der Waals surface area contributed by atoms with Crippen molar-refractivity contribution in [3.8, 4) is 0 Å². The summed E-state index contributed by atoms with van der Waals surface area (Å²) in [6, 6.07) is 0. The Hall–Kier alpha value is 0.0800. The van der Waals surface area contributed by atoms with Gasteiger partial charge in [-0.3, -0.25) is 0 Å². The predicted molar refractivity (Wildman–Crippen MR) is 30.6 cm³/mol. The first-order valence-corrected chi connectivity index (χ1v) is 2.65. The number of halogens is 4. The Morgan fingerprint density at radius 3 is 1.78 bits per heavy atom. The van der Waals surface area contributed by atoms with E-state index in [2.05, 4.69) is 0 Å². The number of rotatable bonds is 1. The van der Waals surface area contributed by atoms with E-state index < -0.39 is 12.6 Å². The summed E-state index contributed by atoms with van der Waals surface area (Å²) in [6.45, 7) is 0. The summed E-state index contributed by atoms with van der Waals surface area (Å²) in [7, 11) is 0. The molecule has 0 heterocycles. The molecular formula is C5H8ClF3. The molecule has 1 rings (SSSR count). The first-order valence-electron chi connectivity index (χ1n) is 2.65. The van der Waals surface area contributed by atoms with Crippen molar-refractivity contribution in [3.05, 3.63) is 0 Å². The van der Waals surface area contributed by atoms with E-state index in [0.29, 0.717) is 0 Å². The van der Waals surface area contributed by atoms with Crippen LogP contribution < -0.4 is 0 Å². The SMILES string of the molecule is Cl.FC(F)(F)CC1CC1. The molecule has 0 aromatic rings. The first-order chi connectivity index (χ1) is 3.58. The molecule has 0 aliphatic heterocycles. The van der Waals surface area contributed by atoms with Crippen LogP contribution in [0.4, 0.5) is 13.2 Å². The Labute approximate surface area is 57.8 Å². The number of hydrogen-bond donors (Lipinski definition) is 0. The van der Waals surface area contributed by atoms with Crippen LogP contribution >= 0.6 is 12.4 Å². The third-order valence-corrected chi connectivity index (χ3v) is 1.22. The van der Waals surface area contributed by atoms with Gasteiger partial charge >= 0.3 is 6.18 Å². The van der Waals surface area contributed by atoms with Crippen molar-refractivity contribution in [1.29, 1.82) is 0 Å². The highest BCUT2D eigenvalue weighted by atomic mass is 35.5. The molecule has 0 aromatic carbocycles. The van der Waals surface area contributed by atoms with E-state index in [9.17, 15) is 13.2 Å². The zero-order chi connectivity index (χ0) is 6.20. The average molecular weight is 161 g/mol. The lowest BCUT2D eigenvalue weighted by Crippen LogP contribution is -2.07. The molecule has 1 aliphatic carbocycles. The summed E-state index contributed by atoms with van der Waals surface area (Å²) < 4.78 is 34.0. The zero-order valence-electron chi connectivity index (χ0n) is 4.74. The molecule has 1 aliphatic rings. The van der Waals surface area contributed by atoms with E-state index in [1.165, 1.54) is 0 Å². The Morgan fingerprint density at radius 2 is 1.67 bits per heavy atom. The Morgan fingerprint density at radius 1 is 1.22 bits per heavy atom. The molecular weight excluding hydrogens is 153 g/mol. The van der Waals surface area contributed by atoms with Gasteiger partial charge in [0.15, 0.2) is 0 Å². The van der Waals surface area contributed by atoms with Crippen molar-refractivity contribution in [2.45, 2.75) is 25.4 Å². The van der Waals surface area contributed by atoms with Crippen LogP contribution in [0.15, 0.2) is 0 Å². The van der Waals surface area contributed by atoms with Crippen LogP contribution in [0.5, 0.6) is 0 Å². The zero-order valence-corrected chi connectivity index (χ0v) is 5.56. The molecule has 0 atom stereocenters. The molecule has 0 nitrogen and oxygen atoms in total. The molecule has 1 saturated carbocycles. The van der Waals surface area contributed by atoms with Gasteiger partial charge in [-0.25, -0.2) is 0 Å². The van der Waals surface area contributed by atoms with E-state index in [4.69, 9.17) is 0 Å². The fraction of sp³-hybridized carbons (Fsp3) is 1.00. The molecule has 0 unspecified atom stereocenters. The van der Waals surface area contributed by atoms with E-state index >= 15 is 0 Å². The second kappa shape index (κ2) is 2.78. The van der Waals surface area contributed by atoms with E-state index in [0.717, 1.165) is 12.8 Å². The Balaban J connectivity index is 0.000000640. The van der Waals surface area contributed by atoms with Crippen molar-refractivity contribution in [2.75, 3.05) is 0 Å². The van der Waals surface area contributed by atoms with Gasteiger partial charge < -0.3 is 0 Å². The second-order valence-corrected chi connectivity index (χ2v) is 2.26. The van der Waals surface area contributed by atoms with Gasteiger partial charge in [-0.15, -0.1) is 12.4 Å². The van der Waals surface area contributed by atoms with Crippen LogP contribution in [0, 0.1) is 5.92 Å². The molecule has 0 N–H and O–H groups in total. The summed E-state index contributed by atoms with van der Waals surface area (Å²) in [5, 5.41) is 0. The highest BCUT2D eigenvalue weighted by molar-refractivity contribution is 5.85. The number of alkyl halides is 3. The van der Waals surface area contributed by atoms with Gasteiger partial charge in [0.2, 0.25) is 0 Å². The third-order valence-electron chi connectivity index (χ3n) is 1.22. The lowest BCUT2D eigenvalue weighted by Gasteiger charge is -2.01. The van der Waals surface area contributed by atoms with Crippen LogP contribution in [-0.4, -0.2) is 6.18 Å². The van der Waals surface area contributed by atoms with Crippen molar-refractivity contribution < 1.29 is 13.2 Å². The van der Waals surface area contributed by atoms with Gasteiger partial charge in [0.25, 0.3) is 0 Å². The van der Waals surface area contributed by atoms with Crippen LogP contribution in [0.1, 0.15) is 19.3 Å². The summed E-state index contributed by atoms with van der Waals surface area (Å²) in [4.78, 5) is 0. The highest BCUT2D eigenvalue weighted by Crippen LogP contribution is 2.39. The molecule has 9 heavy (non-hydrogen) atoms. The van der Waals surface area contributed by atoms with Crippen LogP contribution in [0.25, 0.3) is 0 Å². The van der Waals surface area contributed by atoms with Crippen LogP contribution in [0.3, 0.4) is 0 Å². The summed E-state index contributed by atoms with van der Waals surface area (Å²) in [5.41, 5.74) is 0. The molecule has 0 radical (unpaired) electrons. The van der Waals surface area contributed by atoms with Gasteiger partial charge in [0.05, 0.1) is 0 Å². The minimum atomic E-state index is -3.92. The summed E-state index contributed by atoms with van der Waals surface area (Å²) >= 11 is 0. The van der Waals surface area contributed by atoms with Crippen molar-refractivity contribution >= 4 is 12.4 Å². The standard InChI is InChI=1S/C5H7F3.ClH/c6-5(7,8)3-4-1-2-4;/h4H,1-3H2;1H. The van der Waals surface area contributed by atoms with E-state index in [1.807, 2.05) is 0 Å². The smallest absolute Gasteiger partial charge is 0.171 e. The molecule has 1 fully saturated rings. The fourth-order valence-electron chi connectivity index (χ4n) is 0.649. The van der Waals surface area contributed by atoms with Gasteiger partial charge in [-0.2, -0.15) is 13.2 Å². The van der Waals surface area contributed by atoms with E-state index in [-0.39, 0.29) is 18.3 Å². The second-order valence-electron chi connectivity index (χ2n) is 2.26. The molecule has 0 amide bonds. The average Bonchev–Trinajstić information content (AvgIpc) is 2.12. The molecule has 0 aromatic heterocycles. The first kappa shape index (κ1) is 9.08. The minimum absolute atomic E-state index is 0. The van der Waals surface area contributed by atoms with Crippen LogP contribution in [0.2, 0.25) is 0 Å². The largest absolute Gasteiger partial charge is 0.389 e. The lowest BCUT2D eigenvalue weighted by atomic mass is 10.3. The maximum Gasteiger partial charge on any atom is 0.389 e. The van der Waals surface area contributed by atoms with Crippen LogP contribution in [-0.2, 0) is 0 Å². The molecule has 56 valence electrons. The van der Waals surface area contributed by atoms with Crippen molar-refractivity contribution in [1.82, 2.24) is 0 Å². The normalized spacial score (nSPS) is 19.0. The predicted octanol–water partition coefficient (Wildman–Crippen LogP) is 2.77.